The Kier molecular flexibility index (Phi) is 5.32. The van der Waals surface area contributed by atoms with Crippen molar-refractivity contribution in [1.29, 1.82) is 0 Å². The summed E-state index contributed by atoms with van der Waals surface area (Å²) < 4.78 is 0. The Morgan fingerprint density at radius 1 is 1.17 bits per heavy atom. The van der Waals surface area contributed by atoms with Gasteiger partial charge in [-0.15, -0.1) is 0 Å². The van der Waals surface area contributed by atoms with E-state index in [0.717, 1.165) is 5.56 Å². The highest BCUT2D eigenvalue weighted by Crippen LogP contribution is 2.33. The van der Waals surface area contributed by atoms with Crippen molar-refractivity contribution in [2.75, 3.05) is 20.2 Å². The second kappa shape index (κ2) is 6.32. The first-order valence-corrected chi connectivity index (χ1v) is 6.42. The summed E-state index contributed by atoms with van der Waals surface area (Å²) in [6, 6.07) is 9.87. The highest BCUT2D eigenvalue weighted by molar-refractivity contribution is 5.21. The minimum Gasteiger partial charge on any atom is -0.395 e. The summed E-state index contributed by atoms with van der Waals surface area (Å²) in [7, 11) is 1.93. The molecule has 102 valence electrons. The van der Waals surface area contributed by atoms with E-state index in [1.54, 1.807) is 0 Å². The quantitative estimate of drug-likeness (QED) is 0.842. The third-order valence-electron chi connectivity index (χ3n) is 3.26. The lowest BCUT2D eigenvalue weighted by molar-refractivity contribution is -0.0165. The Bertz CT molecular complexity index is 345. The molecule has 18 heavy (non-hydrogen) atoms. The van der Waals surface area contributed by atoms with Gasteiger partial charge in [-0.3, -0.25) is 4.90 Å². The fourth-order valence-electron chi connectivity index (χ4n) is 2.10. The standard InChI is InChI=1S/C15H25NO2/c1-15(2,3)14(18)13(16(4)10-11-17)12-8-6-5-7-9-12/h5-9,13-14,17-18H,10-11H2,1-4H3. The van der Waals surface area contributed by atoms with Crippen LogP contribution in [0, 0.1) is 5.41 Å². The molecule has 0 aliphatic heterocycles. The minimum absolute atomic E-state index is 0.0939. The first kappa shape index (κ1) is 15.2. The highest BCUT2D eigenvalue weighted by atomic mass is 16.3. The number of rotatable bonds is 5. The summed E-state index contributed by atoms with van der Waals surface area (Å²) in [4.78, 5) is 2.01. The lowest BCUT2D eigenvalue weighted by atomic mass is 9.81. The summed E-state index contributed by atoms with van der Waals surface area (Å²) >= 11 is 0. The molecule has 1 aromatic carbocycles. The molecular formula is C15H25NO2. The molecule has 0 saturated heterocycles. The first-order valence-electron chi connectivity index (χ1n) is 6.42. The van der Waals surface area contributed by atoms with Crippen LogP contribution < -0.4 is 0 Å². The molecule has 0 spiro atoms. The lowest BCUT2D eigenvalue weighted by Gasteiger charge is -2.38. The van der Waals surface area contributed by atoms with Crippen molar-refractivity contribution in [1.82, 2.24) is 4.90 Å². The third kappa shape index (κ3) is 3.80. The Balaban J connectivity index is 3.03. The van der Waals surface area contributed by atoms with E-state index in [1.165, 1.54) is 0 Å². The van der Waals surface area contributed by atoms with Gasteiger partial charge in [0.15, 0.2) is 0 Å². The van der Waals surface area contributed by atoms with E-state index >= 15 is 0 Å². The SMILES string of the molecule is CN(CCO)C(c1ccccc1)C(O)C(C)(C)C. The van der Waals surface area contributed by atoms with Crippen molar-refractivity contribution in [2.45, 2.75) is 32.9 Å². The van der Waals surface area contributed by atoms with E-state index in [0.29, 0.717) is 6.54 Å². The van der Waals surface area contributed by atoms with Crippen molar-refractivity contribution >= 4 is 0 Å². The van der Waals surface area contributed by atoms with Crippen LogP contribution in [-0.2, 0) is 0 Å². The zero-order valence-corrected chi connectivity index (χ0v) is 11.8. The maximum atomic E-state index is 10.6. The van der Waals surface area contributed by atoms with Gasteiger partial charge in [-0.1, -0.05) is 51.1 Å². The molecule has 0 aliphatic carbocycles. The fourth-order valence-corrected chi connectivity index (χ4v) is 2.10. The predicted molar refractivity (Wildman–Crippen MR) is 74.4 cm³/mol. The van der Waals surface area contributed by atoms with Crippen LogP contribution in [0.1, 0.15) is 32.4 Å². The lowest BCUT2D eigenvalue weighted by Crippen LogP contribution is -2.42. The highest BCUT2D eigenvalue weighted by Gasteiger charge is 2.33. The molecule has 0 amide bonds. The zero-order valence-electron chi connectivity index (χ0n) is 11.8. The topological polar surface area (TPSA) is 43.7 Å². The summed E-state index contributed by atoms with van der Waals surface area (Å²) in [5, 5.41) is 19.7. The maximum absolute atomic E-state index is 10.6. The number of benzene rings is 1. The van der Waals surface area contributed by atoms with Gasteiger partial charge in [0.25, 0.3) is 0 Å². The fraction of sp³-hybridized carbons (Fsp3) is 0.600. The van der Waals surface area contributed by atoms with Crippen LogP contribution in [0.25, 0.3) is 0 Å². The van der Waals surface area contributed by atoms with E-state index in [-0.39, 0.29) is 18.1 Å². The van der Waals surface area contributed by atoms with Gasteiger partial charge in [0.1, 0.15) is 0 Å². The van der Waals surface area contributed by atoms with E-state index in [2.05, 4.69) is 0 Å². The van der Waals surface area contributed by atoms with E-state index in [4.69, 9.17) is 5.11 Å². The summed E-state index contributed by atoms with van der Waals surface area (Å²) in [5.74, 6) is 0. The molecule has 0 fully saturated rings. The van der Waals surface area contributed by atoms with Crippen molar-refractivity contribution < 1.29 is 10.2 Å². The van der Waals surface area contributed by atoms with Gasteiger partial charge in [-0.25, -0.2) is 0 Å². The molecular weight excluding hydrogens is 226 g/mol. The average Bonchev–Trinajstić information content (AvgIpc) is 2.29. The van der Waals surface area contributed by atoms with Gasteiger partial charge < -0.3 is 10.2 Å². The van der Waals surface area contributed by atoms with Crippen LogP contribution in [0.2, 0.25) is 0 Å². The monoisotopic (exact) mass is 251 g/mol. The molecule has 1 aromatic rings. The van der Waals surface area contributed by atoms with Crippen molar-refractivity contribution in [2.24, 2.45) is 5.41 Å². The molecule has 3 nitrogen and oxygen atoms in total. The molecule has 0 bridgehead atoms. The van der Waals surface area contributed by atoms with E-state index < -0.39 is 6.10 Å². The number of nitrogens with zero attached hydrogens (tertiary/aromatic N) is 1. The van der Waals surface area contributed by atoms with Crippen LogP contribution in [-0.4, -0.2) is 41.4 Å². The molecule has 2 N–H and O–H groups in total. The van der Waals surface area contributed by atoms with Crippen molar-refractivity contribution in [3.05, 3.63) is 35.9 Å². The number of hydrogen-bond donors (Lipinski definition) is 2. The summed E-state index contributed by atoms with van der Waals surface area (Å²) in [5.41, 5.74) is 0.875. The summed E-state index contributed by atoms with van der Waals surface area (Å²) in [6.45, 7) is 6.73. The van der Waals surface area contributed by atoms with Gasteiger partial charge >= 0.3 is 0 Å². The van der Waals surface area contributed by atoms with Crippen LogP contribution in [0.3, 0.4) is 0 Å². The normalized spacial score (nSPS) is 15.7. The molecule has 0 heterocycles. The molecule has 0 saturated carbocycles. The maximum Gasteiger partial charge on any atom is 0.0785 e. The van der Waals surface area contributed by atoms with Crippen molar-refractivity contribution in [3.8, 4) is 0 Å². The van der Waals surface area contributed by atoms with Crippen LogP contribution in [0.4, 0.5) is 0 Å². The summed E-state index contributed by atoms with van der Waals surface area (Å²) in [6.07, 6.45) is -0.489. The smallest absolute Gasteiger partial charge is 0.0785 e. The van der Waals surface area contributed by atoms with Crippen LogP contribution >= 0.6 is 0 Å². The number of aliphatic hydroxyl groups is 2. The number of hydrogen-bond acceptors (Lipinski definition) is 3. The molecule has 0 aromatic heterocycles. The Morgan fingerprint density at radius 3 is 2.17 bits per heavy atom. The molecule has 2 unspecified atom stereocenters. The Hall–Kier alpha value is -0.900. The molecule has 2 atom stereocenters. The average molecular weight is 251 g/mol. The van der Waals surface area contributed by atoms with Crippen LogP contribution in [0.5, 0.6) is 0 Å². The molecule has 3 heteroatoms. The van der Waals surface area contributed by atoms with Gasteiger partial charge in [0.2, 0.25) is 0 Å². The Labute approximate surface area is 110 Å². The van der Waals surface area contributed by atoms with Gasteiger partial charge in [0, 0.05) is 6.54 Å². The minimum atomic E-state index is -0.489. The second-order valence-electron chi connectivity index (χ2n) is 5.87. The van der Waals surface area contributed by atoms with Crippen molar-refractivity contribution in [3.63, 3.8) is 0 Å². The van der Waals surface area contributed by atoms with E-state index in [1.807, 2.05) is 63.1 Å². The first-order chi connectivity index (χ1) is 8.38. The third-order valence-corrected chi connectivity index (χ3v) is 3.26. The van der Waals surface area contributed by atoms with Gasteiger partial charge in [0.05, 0.1) is 18.8 Å². The molecule has 0 radical (unpaired) electrons. The predicted octanol–water partition coefficient (Wildman–Crippen LogP) is 2.06. The molecule has 0 aliphatic rings. The van der Waals surface area contributed by atoms with Crippen LogP contribution in [0.15, 0.2) is 30.3 Å². The number of likely N-dealkylation sites (N-methyl/N-ethyl adjacent to an activating group) is 1. The van der Waals surface area contributed by atoms with Gasteiger partial charge in [-0.2, -0.15) is 0 Å². The van der Waals surface area contributed by atoms with E-state index in [9.17, 15) is 5.11 Å². The zero-order chi connectivity index (χ0) is 13.8. The second-order valence-corrected chi connectivity index (χ2v) is 5.87. The largest absolute Gasteiger partial charge is 0.395 e. The van der Waals surface area contributed by atoms with Gasteiger partial charge in [-0.05, 0) is 18.0 Å². The Morgan fingerprint density at radius 2 is 1.72 bits per heavy atom. The molecule has 1 rings (SSSR count). The number of aliphatic hydroxyl groups excluding tert-OH is 2.